The lowest BCUT2D eigenvalue weighted by Crippen LogP contribution is -2.36. The van der Waals surface area contributed by atoms with Crippen LogP contribution < -0.4 is 4.90 Å². The van der Waals surface area contributed by atoms with Crippen LogP contribution in [0.25, 0.3) is 0 Å². The van der Waals surface area contributed by atoms with Gasteiger partial charge in [-0.2, -0.15) is 0 Å². The molecule has 1 saturated heterocycles. The Bertz CT molecular complexity index is 858. The number of hydrogen-bond donors (Lipinski definition) is 0. The standard InChI is InChI=1S/C20H20N2O5/c1-27-20(24)17-13-16(7-8-18(17)22(25)26)21-11-9-15(10-12-21)19(23)14-5-3-2-4-6-14/h2-8,13,15H,9-12H2,1H3. The summed E-state index contributed by atoms with van der Waals surface area (Å²) in [5, 5.41) is 11.1. The molecular formula is C20H20N2O5. The second-order valence-corrected chi connectivity index (χ2v) is 6.44. The van der Waals surface area contributed by atoms with Gasteiger partial charge in [0.25, 0.3) is 5.69 Å². The third-order valence-electron chi connectivity index (χ3n) is 4.87. The molecule has 0 amide bonds. The minimum Gasteiger partial charge on any atom is -0.465 e. The van der Waals surface area contributed by atoms with E-state index >= 15 is 0 Å². The van der Waals surface area contributed by atoms with Gasteiger partial charge in [-0.25, -0.2) is 4.79 Å². The van der Waals surface area contributed by atoms with Crippen molar-refractivity contribution in [1.82, 2.24) is 0 Å². The first-order chi connectivity index (χ1) is 13.0. The van der Waals surface area contributed by atoms with Gasteiger partial charge in [-0.05, 0) is 25.0 Å². The summed E-state index contributed by atoms with van der Waals surface area (Å²) in [5.41, 5.74) is 1.09. The van der Waals surface area contributed by atoms with E-state index in [1.54, 1.807) is 6.07 Å². The van der Waals surface area contributed by atoms with Crippen LogP contribution in [0.3, 0.4) is 0 Å². The number of Topliss-reactive ketones (excluding diaryl/α,β-unsaturated/α-hetero) is 1. The number of rotatable bonds is 5. The number of nitro groups is 1. The van der Waals surface area contributed by atoms with E-state index in [1.807, 2.05) is 35.2 Å². The molecular weight excluding hydrogens is 348 g/mol. The lowest BCUT2D eigenvalue weighted by Gasteiger charge is -2.33. The molecule has 0 N–H and O–H groups in total. The number of benzene rings is 2. The maximum atomic E-state index is 12.6. The van der Waals surface area contributed by atoms with Crippen molar-refractivity contribution in [1.29, 1.82) is 0 Å². The summed E-state index contributed by atoms with van der Waals surface area (Å²) in [6, 6.07) is 13.7. The maximum Gasteiger partial charge on any atom is 0.344 e. The van der Waals surface area contributed by atoms with Gasteiger partial charge >= 0.3 is 5.97 Å². The first-order valence-corrected chi connectivity index (χ1v) is 8.72. The lowest BCUT2D eigenvalue weighted by atomic mass is 9.88. The molecule has 0 unspecified atom stereocenters. The summed E-state index contributed by atoms with van der Waals surface area (Å²) in [5.74, 6) is -0.631. The molecule has 140 valence electrons. The number of nitrogens with zero attached hydrogens (tertiary/aromatic N) is 2. The number of nitro benzene ring substituents is 1. The predicted octanol–water partition coefficient (Wildman–Crippen LogP) is 3.48. The van der Waals surface area contributed by atoms with E-state index in [9.17, 15) is 19.7 Å². The topological polar surface area (TPSA) is 89.8 Å². The monoisotopic (exact) mass is 368 g/mol. The van der Waals surface area contributed by atoms with Crippen molar-refractivity contribution in [2.24, 2.45) is 5.92 Å². The van der Waals surface area contributed by atoms with Crippen molar-refractivity contribution >= 4 is 23.1 Å². The van der Waals surface area contributed by atoms with E-state index in [4.69, 9.17) is 0 Å². The molecule has 27 heavy (non-hydrogen) atoms. The second-order valence-electron chi connectivity index (χ2n) is 6.44. The molecule has 0 aliphatic carbocycles. The van der Waals surface area contributed by atoms with Crippen molar-refractivity contribution in [2.45, 2.75) is 12.8 Å². The van der Waals surface area contributed by atoms with Crippen LogP contribution in [0.1, 0.15) is 33.6 Å². The van der Waals surface area contributed by atoms with E-state index in [0.717, 1.165) is 5.56 Å². The van der Waals surface area contributed by atoms with E-state index in [1.165, 1.54) is 19.2 Å². The summed E-state index contributed by atoms with van der Waals surface area (Å²) in [6.45, 7) is 1.28. The number of ketones is 1. The zero-order valence-electron chi connectivity index (χ0n) is 15.0. The van der Waals surface area contributed by atoms with E-state index in [0.29, 0.717) is 31.6 Å². The Morgan fingerprint density at radius 1 is 1.11 bits per heavy atom. The van der Waals surface area contributed by atoms with Crippen LogP contribution in [0.5, 0.6) is 0 Å². The van der Waals surface area contributed by atoms with Gasteiger partial charge in [0.15, 0.2) is 5.78 Å². The van der Waals surface area contributed by atoms with Crippen LogP contribution in [0.15, 0.2) is 48.5 Å². The van der Waals surface area contributed by atoms with Crippen LogP contribution in [-0.4, -0.2) is 36.9 Å². The Hall–Kier alpha value is -3.22. The minimum absolute atomic E-state index is 0.0400. The number of methoxy groups -OCH3 is 1. The number of esters is 1. The van der Waals surface area contributed by atoms with Crippen LogP contribution in [0.2, 0.25) is 0 Å². The van der Waals surface area contributed by atoms with Gasteiger partial charge in [-0.15, -0.1) is 0 Å². The van der Waals surface area contributed by atoms with E-state index in [2.05, 4.69) is 4.74 Å². The highest BCUT2D eigenvalue weighted by Gasteiger charge is 2.28. The molecule has 2 aromatic carbocycles. The summed E-state index contributed by atoms with van der Waals surface area (Å²) < 4.78 is 4.66. The van der Waals surface area contributed by atoms with Crippen molar-refractivity contribution in [3.8, 4) is 0 Å². The van der Waals surface area contributed by atoms with Gasteiger partial charge in [0.2, 0.25) is 0 Å². The van der Waals surface area contributed by atoms with Crippen LogP contribution in [0, 0.1) is 16.0 Å². The fourth-order valence-corrected chi connectivity index (χ4v) is 3.39. The molecule has 1 heterocycles. The molecule has 0 spiro atoms. The highest BCUT2D eigenvalue weighted by Crippen LogP contribution is 2.30. The molecule has 3 rings (SSSR count). The largest absolute Gasteiger partial charge is 0.465 e. The van der Waals surface area contributed by atoms with Crippen molar-refractivity contribution in [3.05, 3.63) is 69.8 Å². The number of piperidine rings is 1. The summed E-state index contributed by atoms with van der Waals surface area (Å²) in [7, 11) is 1.19. The number of hydrogen-bond acceptors (Lipinski definition) is 6. The predicted molar refractivity (Wildman–Crippen MR) is 100 cm³/mol. The first-order valence-electron chi connectivity index (χ1n) is 8.72. The first kappa shape index (κ1) is 18.6. The van der Waals surface area contributed by atoms with E-state index < -0.39 is 10.9 Å². The van der Waals surface area contributed by atoms with Gasteiger partial charge in [-0.3, -0.25) is 14.9 Å². The third-order valence-corrected chi connectivity index (χ3v) is 4.87. The van der Waals surface area contributed by atoms with Crippen LogP contribution in [-0.2, 0) is 4.74 Å². The van der Waals surface area contributed by atoms with Gasteiger partial charge in [-0.1, -0.05) is 30.3 Å². The lowest BCUT2D eigenvalue weighted by molar-refractivity contribution is -0.385. The molecule has 2 aromatic rings. The number of carbonyl (C=O) groups excluding carboxylic acids is 2. The van der Waals surface area contributed by atoms with Gasteiger partial charge < -0.3 is 9.64 Å². The molecule has 0 aromatic heterocycles. The van der Waals surface area contributed by atoms with E-state index in [-0.39, 0.29) is 23.0 Å². The summed E-state index contributed by atoms with van der Waals surface area (Å²) >= 11 is 0. The molecule has 0 bridgehead atoms. The van der Waals surface area contributed by atoms with Gasteiger partial charge in [0, 0.05) is 36.3 Å². The molecule has 0 atom stereocenters. The molecule has 7 nitrogen and oxygen atoms in total. The normalized spacial score (nSPS) is 14.6. The average molecular weight is 368 g/mol. The Kier molecular flexibility index (Phi) is 5.49. The highest BCUT2D eigenvalue weighted by molar-refractivity contribution is 5.98. The van der Waals surface area contributed by atoms with Gasteiger partial charge in [0.05, 0.1) is 12.0 Å². The third kappa shape index (κ3) is 3.97. The Balaban J connectivity index is 1.73. The Morgan fingerprint density at radius 3 is 2.37 bits per heavy atom. The van der Waals surface area contributed by atoms with Crippen LogP contribution in [0.4, 0.5) is 11.4 Å². The average Bonchev–Trinajstić information content (AvgIpc) is 2.72. The summed E-state index contributed by atoms with van der Waals surface area (Å²) in [4.78, 5) is 37.0. The highest BCUT2D eigenvalue weighted by atomic mass is 16.6. The van der Waals surface area contributed by atoms with Crippen molar-refractivity contribution in [2.75, 3.05) is 25.1 Å². The molecule has 1 fully saturated rings. The molecule has 1 aliphatic rings. The summed E-state index contributed by atoms with van der Waals surface area (Å²) in [6.07, 6.45) is 1.39. The molecule has 1 aliphatic heterocycles. The Morgan fingerprint density at radius 2 is 1.78 bits per heavy atom. The SMILES string of the molecule is COC(=O)c1cc(N2CCC(C(=O)c3ccccc3)CC2)ccc1[N+](=O)[O-]. The smallest absolute Gasteiger partial charge is 0.344 e. The second kappa shape index (κ2) is 7.99. The maximum absolute atomic E-state index is 12.6. The zero-order chi connectivity index (χ0) is 19.4. The fourth-order valence-electron chi connectivity index (χ4n) is 3.39. The molecule has 7 heteroatoms. The fraction of sp³-hybridized carbons (Fsp3) is 0.300. The minimum atomic E-state index is -0.738. The number of anilines is 1. The van der Waals surface area contributed by atoms with Crippen molar-refractivity contribution < 1.29 is 19.2 Å². The van der Waals surface area contributed by atoms with Gasteiger partial charge in [0.1, 0.15) is 5.56 Å². The number of ether oxygens (including phenoxy) is 1. The quantitative estimate of drug-likeness (QED) is 0.347. The van der Waals surface area contributed by atoms with Crippen molar-refractivity contribution in [3.63, 3.8) is 0 Å². The number of carbonyl (C=O) groups is 2. The Labute approximate surface area is 156 Å². The molecule has 0 saturated carbocycles. The molecule has 0 radical (unpaired) electrons. The van der Waals surface area contributed by atoms with Crippen LogP contribution >= 0.6 is 0 Å². The zero-order valence-corrected chi connectivity index (χ0v) is 15.0.